The van der Waals surface area contributed by atoms with Crippen LogP contribution in [0.15, 0.2) is 29.7 Å². The number of hydrogen-bond acceptors (Lipinski definition) is 9. The maximum absolute atomic E-state index is 15.5. The number of ketones is 1. The van der Waals surface area contributed by atoms with E-state index in [1.807, 2.05) is 41.5 Å². The maximum atomic E-state index is 15.5. The highest BCUT2D eigenvalue weighted by molar-refractivity contribution is 5.94. The second-order valence-electron chi connectivity index (χ2n) is 17.6. The Kier molecular flexibility index (Phi) is 9.69. The molecule has 2 amide bonds. The molecule has 3 saturated carbocycles. The summed E-state index contributed by atoms with van der Waals surface area (Å²) in [6.07, 6.45) is 3.99. The predicted molar refractivity (Wildman–Crippen MR) is 196 cm³/mol. The lowest BCUT2D eigenvalue weighted by Gasteiger charge is -2.61. The third kappa shape index (κ3) is 6.16. The van der Waals surface area contributed by atoms with E-state index in [2.05, 4.69) is 23.8 Å². The third-order valence-corrected chi connectivity index (χ3v) is 13.8. The minimum Gasteiger partial charge on any atom is -0.477 e. The lowest BCUT2D eigenvalue weighted by Crippen LogP contribution is -2.63. The quantitative estimate of drug-likeness (QED) is 0.318. The molecule has 0 radical (unpaired) electrons. The second kappa shape index (κ2) is 13.3. The van der Waals surface area contributed by atoms with Gasteiger partial charge in [0, 0.05) is 53.9 Å². The number of halogens is 1. The summed E-state index contributed by atoms with van der Waals surface area (Å²) >= 11 is 0. The number of nitrogens with zero attached hydrogens (tertiary/aromatic N) is 3. The number of Topliss-reactive ketones (excluding diaryl/α,β-unsaturated/α-hetero) is 1. The highest BCUT2D eigenvalue weighted by Crippen LogP contribution is 2.68. The number of aromatic carboxylic acids is 1. The number of rotatable bonds is 5. The molecule has 288 valence electrons. The molecule has 3 heterocycles. The molecule has 0 aromatic carbocycles. The van der Waals surface area contributed by atoms with Gasteiger partial charge in [-0.15, -0.1) is 6.58 Å². The number of imide groups is 1. The van der Waals surface area contributed by atoms with Crippen LogP contribution >= 0.6 is 0 Å². The SMILES string of the molecule is C=C[C@]1(C)C[C@@H](OC(=O)NC(=O)C2CCN(c3nc4c(cc3F)c(=O)c(C(=O)O)cn4C(C)(C)C)CC2)[C@@]2(C)C3C(=O)CCC3(CC[C@H]2C)[C@@H](C)[C@@H]1O. The summed E-state index contributed by atoms with van der Waals surface area (Å²) in [6.45, 7) is 18.0. The van der Waals surface area contributed by atoms with Crippen molar-refractivity contribution in [2.24, 2.45) is 39.9 Å². The van der Waals surface area contributed by atoms with Gasteiger partial charge in [-0.3, -0.25) is 19.7 Å². The van der Waals surface area contributed by atoms with Crippen LogP contribution in [0, 0.1) is 45.7 Å². The number of amides is 2. The summed E-state index contributed by atoms with van der Waals surface area (Å²) in [5.41, 5.74) is -3.80. The summed E-state index contributed by atoms with van der Waals surface area (Å²) in [5, 5.41) is 23.7. The molecule has 3 N–H and O–H groups in total. The number of ether oxygens (including phenoxy) is 1. The van der Waals surface area contributed by atoms with Gasteiger partial charge in [0.25, 0.3) is 0 Å². The fourth-order valence-corrected chi connectivity index (χ4v) is 10.3. The van der Waals surface area contributed by atoms with Gasteiger partial charge in [-0.2, -0.15) is 0 Å². The van der Waals surface area contributed by atoms with Crippen LogP contribution in [-0.2, 0) is 19.9 Å². The first kappa shape index (κ1) is 38.6. The Bertz CT molecular complexity index is 1930. The van der Waals surface area contributed by atoms with E-state index in [-0.39, 0.29) is 66.8 Å². The van der Waals surface area contributed by atoms with Crippen LogP contribution in [0.2, 0.25) is 0 Å². The molecule has 6 rings (SSSR count). The third-order valence-electron chi connectivity index (χ3n) is 13.8. The zero-order chi connectivity index (χ0) is 39.0. The number of aliphatic hydroxyl groups excluding tert-OH is 1. The number of alkyl carbamates (subject to hydrolysis) is 1. The van der Waals surface area contributed by atoms with Crippen LogP contribution < -0.4 is 15.6 Å². The van der Waals surface area contributed by atoms with Gasteiger partial charge >= 0.3 is 12.1 Å². The van der Waals surface area contributed by atoms with Gasteiger partial charge in [0.2, 0.25) is 11.3 Å². The molecule has 3 aliphatic carbocycles. The van der Waals surface area contributed by atoms with Crippen molar-refractivity contribution in [1.82, 2.24) is 14.9 Å². The predicted octanol–water partition coefficient (Wildman–Crippen LogP) is 5.82. The molecule has 0 spiro atoms. The number of piperidine rings is 1. The van der Waals surface area contributed by atoms with Gasteiger partial charge in [-0.1, -0.05) is 33.8 Å². The number of anilines is 1. The van der Waals surface area contributed by atoms with Crippen molar-refractivity contribution in [3.63, 3.8) is 0 Å². The standard InChI is InChI=1S/C40H53FN4O8/c1-9-38(7)19-28(39(8)21(2)10-14-40(22(3)31(38)48)15-11-27(46)30(39)40)53-36(52)43-34(49)23-12-16-44(17-13-23)33-26(41)18-24-29(47)25(35(50)51)20-45(32(24)42-33)37(4,5)6/h9,18,20-23,28,30-31,48H,1,10-17,19H2,2-8H3,(H,50,51)(H,43,49,52)/t21-,22+,28-,30?,31+,38-,39+,40?/m1/s1. The van der Waals surface area contributed by atoms with Crippen molar-refractivity contribution in [2.75, 3.05) is 18.0 Å². The second-order valence-corrected chi connectivity index (χ2v) is 17.6. The molecule has 8 atom stereocenters. The van der Waals surface area contributed by atoms with Crippen LogP contribution in [0.25, 0.3) is 11.0 Å². The van der Waals surface area contributed by atoms with Crippen LogP contribution in [-0.4, -0.2) is 68.8 Å². The van der Waals surface area contributed by atoms with Crippen molar-refractivity contribution in [3.05, 3.63) is 46.5 Å². The Hall–Kier alpha value is -4.13. The zero-order valence-electron chi connectivity index (χ0n) is 31.8. The molecule has 1 saturated heterocycles. The van der Waals surface area contributed by atoms with Crippen LogP contribution in [0.1, 0.15) is 104 Å². The highest BCUT2D eigenvalue weighted by atomic mass is 19.1. The summed E-state index contributed by atoms with van der Waals surface area (Å²) in [5.74, 6) is -3.71. The van der Waals surface area contributed by atoms with E-state index in [4.69, 9.17) is 4.74 Å². The number of aliphatic hydroxyl groups is 1. The van der Waals surface area contributed by atoms with E-state index in [1.165, 1.54) is 6.20 Å². The average molecular weight is 737 g/mol. The molecular formula is C40H53FN4O8. The Morgan fingerprint density at radius 3 is 2.38 bits per heavy atom. The van der Waals surface area contributed by atoms with Crippen LogP contribution in [0.4, 0.5) is 15.0 Å². The van der Waals surface area contributed by atoms with E-state index in [1.54, 1.807) is 15.5 Å². The normalized spacial score (nSPS) is 33.5. The molecule has 4 fully saturated rings. The summed E-state index contributed by atoms with van der Waals surface area (Å²) < 4.78 is 23.3. The van der Waals surface area contributed by atoms with Gasteiger partial charge in [-0.05, 0) is 82.6 Å². The fraction of sp³-hybridized carbons (Fsp3) is 0.650. The fourth-order valence-electron chi connectivity index (χ4n) is 10.3. The van der Waals surface area contributed by atoms with Gasteiger partial charge in [-0.25, -0.2) is 19.0 Å². The Morgan fingerprint density at radius 2 is 1.77 bits per heavy atom. The number of carbonyl (C=O) groups is 4. The lowest BCUT2D eigenvalue weighted by atomic mass is 9.44. The lowest BCUT2D eigenvalue weighted by molar-refractivity contribution is -0.191. The van der Waals surface area contributed by atoms with E-state index < -0.39 is 80.6 Å². The van der Waals surface area contributed by atoms with E-state index in [0.717, 1.165) is 18.9 Å². The molecular weight excluding hydrogens is 683 g/mol. The Balaban J connectivity index is 1.19. The zero-order valence-corrected chi connectivity index (χ0v) is 31.8. The molecule has 2 unspecified atom stereocenters. The molecule has 13 heteroatoms. The Labute approximate surface area is 309 Å². The average Bonchev–Trinajstić information content (AvgIpc) is 3.45. The summed E-state index contributed by atoms with van der Waals surface area (Å²) in [4.78, 5) is 71.7. The molecule has 4 aliphatic rings. The molecule has 2 aromatic rings. The van der Waals surface area contributed by atoms with E-state index in [0.29, 0.717) is 12.8 Å². The van der Waals surface area contributed by atoms with Gasteiger partial charge in [0.1, 0.15) is 23.1 Å². The minimum absolute atomic E-state index is 0.0188. The van der Waals surface area contributed by atoms with Gasteiger partial charge in [0.05, 0.1) is 11.5 Å². The largest absolute Gasteiger partial charge is 0.477 e. The number of carboxylic acid groups (broad SMARTS) is 1. The first-order valence-corrected chi connectivity index (χ1v) is 18.8. The van der Waals surface area contributed by atoms with Gasteiger partial charge < -0.3 is 24.4 Å². The van der Waals surface area contributed by atoms with Crippen molar-refractivity contribution in [3.8, 4) is 0 Å². The number of carboxylic acids is 1. The van der Waals surface area contributed by atoms with Gasteiger partial charge in [0.15, 0.2) is 11.6 Å². The Morgan fingerprint density at radius 1 is 1.11 bits per heavy atom. The number of aromatic nitrogens is 2. The number of pyridine rings is 2. The van der Waals surface area contributed by atoms with Crippen LogP contribution in [0.3, 0.4) is 0 Å². The first-order valence-electron chi connectivity index (χ1n) is 18.8. The number of hydrogen-bond donors (Lipinski definition) is 3. The number of carbonyl (C=O) groups excluding carboxylic acids is 3. The summed E-state index contributed by atoms with van der Waals surface area (Å²) in [6, 6.07) is 1.02. The minimum atomic E-state index is -1.42. The monoisotopic (exact) mass is 736 g/mol. The van der Waals surface area contributed by atoms with Crippen molar-refractivity contribution >= 4 is 40.6 Å². The van der Waals surface area contributed by atoms with Crippen molar-refractivity contribution in [2.45, 2.75) is 111 Å². The number of nitrogens with one attached hydrogen (secondary N) is 1. The number of fused-ring (bicyclic) bond motifs is 1. The van der Waals surface area contributed by atoms with Crippen LogP contribution in [0.5, 0.6) is 0 Å². The molecule has 1 aliphatic heterocycles. The molecule has 12 nitrogen and oxygen atoms in total. The van der Waals surface area contributed by atoms with Crippen molar-refractivity contribution in [1.29, 1.82) is 0 Å². The maximum Gasteiger partial charge on any atom is 0.414 e. The smallest absolute Gasteiger partial charge is 0.414 e. The molecule has 53 heavy (non-hydrogen) atoms. The first-order chi connectivity index (χ1) is 24.7. The molecule has 2 bridgehead atoms. The van der Waals surface area contributed by atoms with E-state index >= 15 is 4.39 Å². The van der Waals surface area contributed by atoms with E-state index in [9.17, 15) is 34.2 Å². The topological polar surface area (TPSA) is 168 Å². The summed E-state index contributed by atoms with van der Waals surface area (Å²) in [7, 11) is 0. The molecule has 2 aromatic heterocycles. The highest BCUT2D eigenvalue weighted by Gasteiger charge is 2.68. The van der Waals surface area contributed by atoms with Crippen molar-refractivity contribution < 1.29 is 38.5 Å².